The zero-order valence-electron chi connectivity index (χ0n) is 6.84. The summed E-state index contributed by atoms with van der Waals surface area (Å²) in [6.45, 7) is -3.08. The first-order chi connectivity index (χ1) is 6.50. The predicted octanol–water partition coefficient (Wildman–Crippen LogP) is 1.53. The lowest BCUT2D eigenvalue weighted by Crippen LogP contribution is -2.14. The number of carbonyl (C=O) groups is 1. The van der Waals surface area contributed by atoms with Gasteiger partial charge in [-0.2, -0.15) is 8.78 Å². The number of alkyl halides is 2. The molecular formula is C8H6F3NO2. The summed E-state index contributed by atoms with van der Waals surface area (Å²) in [5.74, 6) is -2.21. The minimum Gasteiger partial charge on any atom is -0.434 e. The number of amides is 1. The Balaban J connectivity index is 3.08. The van der Waals surface area contributed by atoms with Crippen molar-refractivity contribution in [3.63, 3.8) is 0 Å². The summed E-state index contributed by atoms with van der Waals surface area (Å²) >= 11 is 0. The first-order valence-corrected chi connectivity index (χ1v) is 3.55. The van der Waals surface area contributed by atoms with Gasteiger partial charge < -0.3 is 10.5 Å². The first kappa shape index (κ1) is 10.4. The van der Waals surface area contributed by atoms with Gasteiger partial charge in [0.2, 0.25) is 0 Å². The number of primary amides is 1. The molecule has 0 atom stereocenters. The SMILES string of the molecule is NC(=O)c1cc(F)ccc1OC(F)F. The zero-order chi connectivity index (χ0) is 10.7. The second kappa shape index (κ2) is 3.99. The third kappa shape index (κ3) is 2.38. The van der Waals surface area contributed by atoms with Crippen LogP contribution in [-0.2, 0) is 0 Å². The number of carbonyl (C=O) groups excluding carboxylic acids is 1. The molecular weight excluding hydrogens is 199 g/mol. The summed E-state index contributed by atoms with van der Waals surface area (Å²) in [5.41, 5.74) is 4.42. The van der Waals surface area contributed by atoms with Gasteiger partial charge in [0.15, 0.2) is 0 Å². The monoisotopic (exact) mass is 205 g/mol. The molecule has 1 rings (SSSR count). The predicted molar refractivity (Wildman–Crippen MR) is 41.5 cm³/mol. The Kier molecular flexibility index (Phi) is 2.95. The van der Waals surface area contributed by atoms with E-state index >= 15 is 0 Å². The fourth-order valence-corrected chi connectivity index (χ4v) is 0.894. The van der Waals surface area contributed by atoms with Crippen LogP contribution >= 0.6 is 0 Å². The Bertz CT molecular complexity index is 354. The molecule has 1 amide bonds. The van der Waals surface area contributed by atoms with Crippen molar-refractivity contribution < 1.29 is 22.7 Å². The van der Waals surface area contributed by atoms with E-state index in [9.17, 15) is 18.0 Å². The van der Waals surface area contributed by atoms with E-state index in [-0.39, 0.29) is 0 Å². The van der Waals surface area contributed by atoms with Crippen LogP contribution in [0.4, 0.5) is 13.2 Å². The standard InChI is InChI=1S/C8H6F3NO2/c9-4-1-2-6(14-8(10)11)5(3-4)7(12)13/h1-3,8H,(H2,12,13). The van der Waals surface area contributed by atoms with Crippen LogP contribution in [0, 0.1) is 5.82 Å². The lowest BCUT2D eigenvalue weighted by Gasteiger charge is -2.07. The molecule has 0 heterocycles. The molecule has 0 saturated carbocycles. The van der Waals surface area contributed by atoms with E-state index < -0.39 is 29.6 Å². The largest absolute Gasteiger partial charge is 0.434 e. The number of hydrogen-bond donors (Lipinski definition) is 1. The topological polar surface area (TPSA) is 52.3 Å². The number of benzene rings is 1. The van der Waals surface area contributed by atoms with Gasteiger partial charge in [0.1, 0.15) is 11.6 Å². The molecule has 0 aliphatic rings. The maximum absolute atomic E-state index is 12.6. The molecule has 76 valence electrons. The van der Waals surface area contributed by atoms with Gasteiger partial charge in [-0.05, 0) is 18.2 Å². The highest BCUT2D eigenvalue weighted by atomic mass is 19.3. The maximum Gasteiger partial charge on any atom is 0.387 e. The van der Waals surface area contributed by atoms with Crippen molar-refractivity contribution in [2.75, 3.05) is 0 Å². The Morgan fingerprint density at radius 1 is 1.43 bits per heavy atom. The minimum atomic E-state index is -3.08. The molecule has 0 spiro atoms. The Hall–Kier alpha value is -1.72. The summed E-state index contributed by atoms with van der Waals surface area (Å²) in [6, 6.07) is 2.55. The normalized spacial score (nSPS) is 10.3. The summed E-state index contributed by atoms with van der Waals surface area (Å²) in [7, 11) is 0. The van der Waals surface area contributed by atoms with Crippen molar-refractivity contribution in [1.82, 2.24) is 0 Å². The number of halogens is 3. The third-order valence-corrected chi connectivity index (χ3v) is 1.42. The van der Waals surface area contributed by atoms with E-state index in [1.165, 1.54) is 0 Å². The highest BCUT2D eigenvalue weighted by Gasteiger charge is 2.14. The molecule has 0 fully saturated rings. The molecule has 14 heavy (non-hydrogen) atoms. The minimum absolute atomic E-state index is 0.412. The van der Waals surface area contributed by atoms with Gasteiger partial charge in [0.05, 0.1) is 5.56 Å². The average Bonchev–Trinajstić information content (AvgIpc) is 2.07. The number of rotatable bonds is 3. The number of nitrogens with two attached hydrogens (primary N) is 1. The maximum atomic E-state index is 12.6. The molecule has 0 radical (unpaired) electrons. The Labute approximate surface area is 77.3 Å². The molecule has 0 aliphatic carbocycles. The Morgan fingerprint density at radius 3 is 2.57 bits per heavy atom. The highest BCUT2D eigenvalue weighted by Crippen LogP contribution is 2.20. The van der Waals surface area contributed by atoms with Gasteiger partial charge >= 0.3 is 6.61 Å². The first-order valence-electron chi connectivity index (χ1n) is 3.55. The van der Waals surface area contributed by atoms with Gasteiger partial charge in [-0.15, -0.1) is 0 Å². The second-order valence-electron chi connectivity index (χ2n) is 2.38. The summed E-state index contributed by atoms with van der Waals surface area (Å²) in [4.78, 5) is 10.7. The van der Waals surface area contributed by atoms with Crippen molar-refractivity contribution in [2.24, 2.45) is 5.73 Å². The number of ether oxygens (including phenoxy) is 1. The molecule has 2 N–H and O–H groups in total. The number of hydrogen-bond acceptors (Lipinski definition) is 2. The summed E-state index contributed by atoms with van der Waals surface area (Å²) in [6.07, 6.45) is 0. The highest BCUT2D eigenvalue weighted by molar-refractivity contribution is 5.95. The van der Waals surface area contributed by atoms with Crippen LogP contribution in [0.3, 0.4) is 0 Å². The van der Waals surface area contributed by atoms with Crippen molar-refractivity contribution >= 4 is 5.91 Å². The molecule has 1 aromatic rings. The smallest absolute Gasteiger partial charge is 0.387 e. The van der Waals surface area contributed by atoms with Crippen molar-refractivity contribution in [3.8, 4) is 5.75 Å². The van der Waals surface area contributed by atoms with E-state index in [0.29, 0.717) is 0 Å². The van der Waals surface area contributed by atoms with E-state index in [4.69, 9.17) is 5.73 Å². The average molecular weight is 205 g/mol. The molecule has 0 aliphatic heterocycles. The fraction of sp³-hybridized carbons (Fsp3) is 0.125. The van der Waals surface area contributed by atoms with Crippen LogP contribution < -0.4 is 10.5 Å². The van der Waals surface area contributed by atoms with Crippen molar-refractivity contribution in [2.45, 2.75) is 6.61 Å². The van der Waals surface area contributed by atoms with Gasteiger partial charge in [0, 0.05) is 0 Å². The van der Waals surface area contributed by atoms with E-state index in [0.717, 1.165) is 18.2 Å². The van der Waals surface area contributed by atoms with Crippen LogP contribution in [0.2, 0.25) is 0 Å². The van der Waals surface area contributed by atoms with Gasteiger partial charge in [-0.1, -0.05) is 0 Å². The summed E-state index contributed by atoms with van der Waals surface area (Å²) < 4.78 is 40.1. The third-order valence-electron chi connectivity index (χ3n) is 1.42. The van der Waals surface area contributed by atoms with Crippen LogP contribution in [0.1, 0.15) is 10.4 Å². The van der Waals surface area contributed by atoms with Crippen molar-refractivity contribution in [1.29, 1.82) is 0 Å². The molecule has 0 bridgehead atoms. The zero-order valence-corrected chi connectivity index (χ0v) is 6.84. The second-order valence-corrected chi connectivity index (χ2v) is 2.38. The van der Waals surface area contributed by atoms with Crippen molar-refractivity contribution in [3.05, 3.63) is 29.6 Å². The molecule has 3 nitrogen and oxygen atoms in total. The quantitative estimate of drug-likeness (QED) is 0.813. The lowest BCUT2D eigenvalue weighted by atomic mass is 10.2. The molecule has 0 saturated heterocycles. The molecule has 1 aromatic carbocycles. The molecule has 0 aromatic heterocycles. The van der Waals surface area contributed by atoms with Crippen LogP contribution in [0.25, 0.3) is 0 Å². The van der Waals surface area contributed by atoms with E-state index in [2.05, 4.69) is 4.74 Å². The summed E-state index contributed by atoms with van der Waals surface area (Å²) in [5, 5.41) is 0. The van der Waals surface area contributed by atoms with Crippen LogP contribution in [-0.4, -0.2) is 12.5 Å². The lowest BCUT2D eigenvalue weighted by molar-refractivity contribution is -0.0501. The Morgan fingerprint density at radius 2 is 2.07 bits per heavy atom. The van der Waals surface area contributed by atoms with Crippen LogP contribution in [0.15, 0.2) is 18.2 Å². The van der Waals surface area contributed by atoms with Gasteiger partial charge in [-0.25, -0.2) is 4.39 Å². The molecule has 0 unspecified atom stereocenters. The van der Waals surface area contributed by atoms with Gasteiger partial charge in [-0.3, -0.25) is 4.79 Å². The molecule has 6 heteroatoms. The van der Waals surface area contributed by atoms with E-state index in [1.807, 2.05) is 0 Å². The van der Waals surface area contributed by atoms with E-state index in [1.54, 1.807) is 0 Å². The van der Waals surface area contributed by atoms with Gasteiger partial charge in [0.25, 0.3) is 5.91 Å². The fourth-order valence-electron chi connectivity index (χ4n) is 0.894. The van der Waals surface area contributed by atoms with Crippen LogP contribution in [0.5, 0.6) is 5.75 Å².